The van der Waals surface area contributed by atoms with Crippen molar-refractivity contribution in [3.8, 4) is 11.3 Å². The molecule has 5 heterocycles. The van der Waals surface area contributed by atoms with Crippen LogP contribution in [0.4, 0.5) is 10.5 Å². The molecule has 0 unspecified atom stereocenters. The van der Waals surface area contributed by atoms with Gasteiger partial charge < -0.3 is 9.15 Å². The molecule has 1 aliphatic heterocycles. The Labute approximate surface area is 212 Å². The third kappa shape index (κ3) is 3.42. The summed E-state index contributed by atoms with van der Waals surface area (Å²) in [4.78, 5) is 28.8. The highest BCUT2D eigenvalue weighted by Crippen LogP contribution is 2.39. The zero-order chi connectivity index (χ0) is 25.1. The van der Waals surface area contributed by atoms with Crippen LogP contribution in [-0.4, -0.2) is 21.0 Å². The zero-order valence-electron chi connectivity index (χ0n) is 20.3. The normalized spacial score (nSPS) is 15.1. The molecular formula is C30H22N4O3. The summed E-state index contributed by atoms with van der Waals surface area (Å²) in [5, 5.41) is 3.66. The summed E-state index contributed by atoms with van der Waals surface area (Å²) in [6, 6.07) is 19.6. The van der Waals surface area contributed by atoms with Crippen LogP contribution < -0.4 is 4.90 Å². The molecule has 2 aromatic carbocycles. The summed E-state index contributed by atoms with van der Waals surface area (Å²) in [6.45, 7) is 4.10. The van der Waals surface area contributed by atoms with E-state index in [0.29, 0.717) is 17.9 Å². The molecule has 0 saturated carbocycles. The summed E-state index contributed by atoms with van der Waals surface area (Å²) in [7, 11) is 0. The number of furan rings is 1. The van der Waals surface area contributed by atoms with Crippen molar-refractivity contribution in [3.63, 3.8) is 0 Å². The summed E-state index contributed by atoms with van der Waals surface area (Å²) < 4.78 is 12.5. The Morgan fingerprint density at radius 2 is 1.78 bits per heavy atom. The lowest BCUT2D eigenvalue weighted by Gasteiger charge is -2.31. The molecule has 37 heavy (non-hydrogen) atoms. The molecule has 0 aliphatic carbocycles. The summed E-state index contributed by atoms with van der Waals surface area (Å²) in [5.41, 5.74) is 3.75. The predicted octanol–water partition coefficient (Wildman–Crippen LogP) is 6.98. The van der Waals surface area contributed by atoms with Crippen molar-refractivity contribution < 1.29 is 13.9 Å². The van der Waals surface area contributed by atoms with Crippen molar-refractivity contribution in [1.82, 2.24) is 15.0 Å². The third-order valence-corrected chi connectivity index (χ3v) is 6.99. The van der Waals surface area contributed by atoms with Gasteiger partial charge in [0, 0.05) is 52.1 Å². The van der Waals surface area contributed by atoms with Gasteiger partial charge in [0.15, 0.2) is 5.65 Å². The Hall–Kier alpha value is -4.78. The van der Waals surface area contributed by atoms with Crippen LogP contribution >= 0.6 is 0 Å². The third-order valence-electron chi connectivity index (χ3n) is 6.99. The summed E-state index contributed by atoms with van der Waals surface area (Å²) >= 11 is 0. The summed E-state index contributed by atoms with van der Waals surface area (Å²) in [6.07, 6.45) is 6.57. The van der Waals surface area contributed by atoms with E-state index >= 15 is 0 Å². The van der Waals surface area contributed by atoms with Crippen LogP contribution in [0.25, 0.3) is 44.1 Å². The fraction of sp³-hybridized carbons (Fsp3) is 0.133. The molecule has 0 fully saturated rings. The van der Waals surface area contributed by atoms with E-state index in [4.69, 9.17) is 9.15 Å². The van der Waals surface area contributed by atoms with Crippen LogP contribution in [0.3, 0.4) is 0 Å². The van der Waals surface area contributed by atoms with Gasteiger partial charge in [0.25, 0.3) is 0 Å². The number of nitrogens with zero attached hydrogens (tertiary/aromatic N) is 4. The number of amides is 1. The Kier molecular flexibility index (Phi) is 4.57. The van der Waals surface area contributed by atoms with Crippen molar-refractivity contribution in [2.75, 3.05) is 4.90 Å². The van der Waals surface area contributed by atoms with Crippen LogP contribution in [0, 0.1) is 0 Å². The van der Waals surface area contributed by atoms with Crippen LogP contribution in [0.15, 0.2) is 89.9 Å². The first-order valence-corrected chi connectivity index (χ1v) is 12.1. The number of anilines is 1. The molecular weight excluding hydrogens is 464 g/mol. The second-order valence-electron chi connectivity index (χ2n) is 9.74. The van der Waals surface area contributed by atoms with Gasteiger partial charge >= 0.3 is 6.09 Å². The molecule has 7 nitrogen and oxygen atoms in total. The number of rotatable bonds is 1. The van der Waals surface area contributed by atoms with E-state index in [1.165, 1.54) is 0 Å². The number of carbonyl (C=O) groups excluding carboxylic acids is 1. The molecule has 0 N–H and O–H groups in total. The number of hydrogen-bond donors (Lipinski definition) is 0. The van der Waals surface area contributed by atoms with Gasteiger partial charge in [-0.2, -0.15) is 0 Å². The average Bonchev–Trinajstić information content (AvgIpc) is 3.34. The van der Waals surface area contributed by atoms with Crippen LogP contribution in [-0.2, 0) is 16.9 Å². The maximum atomic E-state index is 14.0. The lowest BCUT2D eigenvalue weighted by Crippen LogP contribution is -2.37. The first-order chi connectivity index (χ1) is 18.0. The molecule has 0 spiro atoms. The Morgan fingerprint density at radius 3 is 2.70 bits per heavy atom. The molecule has 6 aromatic rings. The largest absolute Gasteiger partial charge is 0.456 e. The molecule has 0 radical (unpaired) electrons. The van der Waals surface area contributed by atoms with Gasteiger partial charge in [-0.15, -0.1) is 0 Å². The molecule has 0 saturated heterocycles. The average molecular weight is 487 g/mol. The van der Waals surface area contributed by atoms with Gasteiger partial charge in [0.1, 0.15) is 16.9 Å². The Morgan fingerprint density at radius 1 is 0.892 bits per heavy atom. The standard InChI is InChI=1S/C30H22N4O3/c1-30(2)24-6-3-7-26-22(24)14-27(36-26)23-16-31-15-19-9-8-18(13-21(19)23)17-34(29(35)37-30)25-10-12-33-28-20(25)5-4-11-32-28/h3-16H,17H2,1-2H3. The van der Waals surface area contributed by atoms with E-state index in [1.807, 2.05) is 80.8 Å². The van der Waals surface area contributed by atoms with E-state index < -0.39 is 11.7 Å². The summed E-state index contributed by atoms with van der Waals surface area (Å²) in [5.74, 6) is 0.724. The molecule has 180 valence electrons. The van der Waals surface area contributed by atoms with Crippen LogP contribution in [0.2, 0.25) is 0 Å². The molecule has 4 bridgehead atoms. The van der Waals surface area contributed by atoms with Crippen molar-refractivity contribution in [2.24, 2.45) is 0 Å². The Bertz CT molecular complexity index is 1850. The fourth-order valence-corrected chi connectivity index (χ4v) is 5.19. The quantitative estimate of drug-likeness (QED) is 0.249. The second kappa shape index (κ2) is 7.86. The minimum Gasteiger partial charge on any atom is -0.456 e. The number of ether oxygens (including phenoxy) is 1. The van der Waals surface area contributed by atoms with Crippen molar-refractivity contribution in [3.05, 3.63) is 96.6 Å². The molecule has 7 rings (SSSR count). The first-order valence-electron chi connectivity index (χ1n) is 12.1. The van der Waals surface area contributed by atoms with E-state index in [9.17, 15) is 4.79 Å². The second-order valence-corrected chi connectivity index (χ2v) is 9.74. The molecule has 0 atom stereocenters. The minimum absolute atomic E-state index is 0.299. The van der Waals surface area contributed by atoms with Crippen LogP contribution in [0.1, 0.15) is 25.0 Å². The monoisotopic (exact) mass is 486 g/mol. The van der Waals surface area contributed by atoms with E-state index in [-0.39, 0.29) is 0 Å². The number of benzene rings is 2. The number of aromatic nitrogens is 3. The highest BCUT2D eigenvalue weighted by atomic mass is 16.6. The van der Waals surface area contributed by atoms with Crippen molar-refractivity contribution in [1.29, 1.82) is 0 Å². The molecule has 1 amide bonds. The predicted molar refractivity (Wildman–Crippen MR) is 142 cm³/mol. The van der Waals surface area contributed by atoms with Gasteiger partial charge in [-0.25, -0.2) is 14.8 Å². The fourth-order valence-electron chi connectivity index (χ4n) is 5.19. The van der Waals surface area contributed by atoms with E-state index in [0.717, 1.165) is 49.6 Å². The van der Waals surface area contributed by atoms with Gasteiger partial charge in [-0.1, -0.05) is 24.3 Å². The van der Waals surface area contributed by atoms with Crippen molar-refractivity contribution in [2.45, 2.75) is 26.0 Å². The maximum Gasteiger partial charge on any atom is 0.415 e. The highest BCUT2D eigenvalue weighted by molar-refractivity contribution is 6.01. The lowest BCUT2D eigenvalue weighted by atomic mass is 9.94. The zero-order valence-corrected chi connectivity index (χ0v) is 20.3. The highest BCUT2D eigenvalue weighted by Gasteiger charge is 2.32. The van der Waals surface area contributed by atoms with Gasteiger partial charge in [-0.3, -0.25) is 9.88 Å². The lowest BCUT2D eigenvalue weighted by molar-refractivity contribution is 0.0423. The number of hydrogen-bond acceptors (Lipinski definition) is 6. The first kappa shape index (κ1) is 21.5. The topological polar surface area (TPSA) is 81.4 Å². The molecule has 4 aromatic heterocycles. The number of fused-ring (bicyclic) bond motifs is 4. The SMILES string of the molecule is CC1(C)OC(=O)N(c2ccnc3ncccc23)Cc2ccc3cncc(c3c2)-c2cc3c1cccc3o2. The van der Waals surface area contributed by atoms with E-state index in [2.05, 4.69) is 21.0 Å². The van der Waals surface area contributed by atoms with Gasteiger partial charge in [0.05, 0.1) is 12.2 Å². The minimum atomic E-state index is -0.937. The maximum absolute atomic E-state index is 14.0. The van der Waals surface area contributed by atoms with Crippen molar-refractivity contribution >= 4 is 44.6 Å². The Balaban J connectivity index is 1.51. The van der Waals surface area contributed by atoms with Gasteiger partial charge in [-0.05, 0) is 61.2 Å². The van der Waals surface area contributed by atoms with Gasteiger partial charge in [0.2, 0.25) is 0 Å². The number of carbonyl (C=O) groups is 1. The van der Waals surface area contributed by atoms with E-state index in [1.54, 1.807) is 17.3 Å². The number of cyclic esters (lactones) is 1. The molecule has 7 heteroatoms. The van der Waals surface area contributed by atoms with Crippen LogP contribution in [0.5, 0.6) is 0 Å². The smallest absolute Gasteiger partial charge is 0.415 e. The number of pyridine rings is 3. The molecule has 1 aliphatic rings.